The molecule has 0 atom stereocenters. The highest BCUT2D eigenvalue weighted by Crippen LogP contribution is 2.17. The first-order valence-electron chi connectivity index (χ1n) is 9.72. The predicted octanol–water partition coefficient (Wildman–Crippen LogP) is 0.711. The molecule has 3 amide bonds. The summed E-state index contributed by atoms with van der Waals surface area (Å²) in [5.74, 6) is -0.157. The van der Waals surface area contributed by atoms with Crippen LogP contribution in [0.1, 0.15) is 30.1 Å². The Morgan fingerprint density at radius 3 is 2.54 bits per heavy atom. The van der Waals surface area contributed by atoms with E-state index < -0.39 is 0 Å². The van der Waals surface area contributed by atoms with E-state index in [1.165, 1.54) is 0 Å². The van der Waals surface area contributed by atoms with Crippen molar-refractivity contribution < 1.29 is 19.1 Å². The molecular formula is C19H27N5O4. The lowest BCUT2D eigenvalue weighted by Gasteiger charge is -2.34. The molecule has 152 valence electrons. The number of piperidine rings is 1. The van der Waals surface area contributed by atoms with Gasteiger partial charge in [-0.1, -0.05) is 0 Å². The number of amides is 3. The standard InChI is InChI=1S/C19H27N5O4/c1-2-28-19(27)24-5-3-16(4-6-24)21-18(26)15-11-17(13-20-12-15)23-9-7-22(14-25)8-10-23/h11-14,16H,2-10H2,1H3,(H,21,26). The van der Waals surface area contributed by atoms with Crippen molar-refractivity contribution in [2.75, 3.05) is 50.8 Å². The Balaban J connectivity index is 1.53. The molecule has 0 unspecified atom stereocenters. The molecule has 3 rings (SSSR count). The van der Waals surface area contributed by atoms with E-state index in [2.05, 4.69) is 15.2 Å². The molecule has 0 radical (unpaired) electrons. The fourth-order valence-electron chi connectivity index (χ4n) is 3.50. The van der Waals surface area contributed by atoms with Crippen LogP contribution in [-0.4, -0.2) is 85.1 Å². The molecule has 0 aromatic carbocycles. The van der Waals surface area contributed by atoms with Crippen molar-refractivity contribution >= 4 is 24.1 Å². The molecule has 2 aliphatic heterocycles. The molecule has 0 saturated carbocycles. The molecule has 0 bridgehead atoms. The molecule has 1 N–H and O–H groups in total. The van der Waals surface area contributed by atoms with Gasteiger partial charge in [0.05, 0.1) is 24.1 Å². The number of aromatic nitrogens is 1. The second-order valence-corrected chi connectivity index (χ2v) is 6.99. The van der Waals surface area contributed by atoms with Gasteiger partial charge in [-0.05, 0) is 25.8 Å². The van der Waals surface area contributed by atoms with Gasteiger partial charge < -0.3 is 24.8 Å². The third-order valence-corrected chi connectivity index (χ3v) is 5.17. The summed E-state index contributed by atoms with van der Waals surface area (Å²) in [7, 11) is 0. The summed E-state index contributed by atoms with van der Waals surface area (Å²) >= 11 is 0. The number of ether oxygens (including phenoxy) is 1. The molecule has 3 heterocycles. The molecule has 1 aromatic rings. The van der Waals surface area contributed by atoms with Crippen LogP contribution in [-0.2, 0) is 9.53 Å². The number of nitrogens with one attached hydrogen (secondary N) is 1. The Labute approximate surface area is 164 Å². The number of piperazine rings is 1. The van der Waals surface area contributed by atoms with Gasteiger partial charge in [0.15, 0.2) is 0 Å². The highest BCUT2D eigenvalue weighted by atomic mass is 16.6. The van der Waals surface area contributed by atoms with E-state index in [0.29, 0.717) is 51.2 Å². The molecule has 0 spiro atoms. The number of carbonyl (C=O) groups is 3. The van der Waals surface area contributed by atoms with Gasteiger partial charge in [0.1, 0.15) is 0 Å². The molecular weight excluding hydrogens is 362 g/mol. The van der Waals surface area contributed by atoms with E-state index in [9.17, 15) is 14.4 Å². The summed E-state index contributed by atoms with van der Waals surface area (Å²) < 4.78 is 5.02. The van der Waals surface area contributed by atoms with Crippen molar-refractivity contribution in [2.24, 2.45) is 0 Å². The van der Waals surface area contributed by atoms with Crippen LogP contribution in [0.4, 0.5) is 10.5 Å². The van der Waals surface area contributed by atoms with Gasteiger partial charge in [-0.15, -0.1) is 0 Å². The second kappa shape index (κ2) is 9.38. The normalized spacial score (nSPS) is 18.0. The third-order valence-electron chi connectivity index (χ3n) is 5.17. The fourth-order valence-corrected chi connectivity index (χ4v) is 3.50. The number of nitrogens with zero attached hydrogens (tertiary/aromatic N) is 4. The van der Waals surface area contributed by atoms with E-state index in [1.807, 2.05) is 6.07 Å². The molecule has 2 aliphatic rings. The molecule has 2 saturated heterocycles. The summed E-state index contributed by atoms with van der Waals surface area (Å²) in [6.45, 7) is 6.07. The van der Waals surface area contributed by atoms with E-state index in [0.717, 1.165) is 25.2 Å². The molecule has 0 aliphatic carbocycles. The average molecular weight is 389 g/mol. The SMILES string of the molecule is CCOC(=O)N1CCC(NC(=O)c2cncc(N3CCN(C=O)CC3)c2)CC1. The van der Waals surface area contributed by atoms with Crippen molar-refractivity contribution in [2.45, 2.75) is 25.8 Å². The van der Waals surface area contributed by atoms with E-state index in [-0.39, 0.29) is 18.0 Å². The van der Waals surface area contributed by atoms with Crippen molar-refractivity contribution in [3.05, 3.63) is 24.0 Å². The maximum absolute atomic E-state index is 12.6. The number of rotatable bonds is 5. The molecule has 9 nitrogen and oxygen atoms in total. The minimum Gasteiger partial charge on any atom is -0.450 e. The average Bonchev–Trinajstić information content (AvgIpc) is 2.74. The highest BCUT2D eigenvalue weighted by Gasteiger charge is 2.25. The van der Waals surface area contributed by atoms with E-state index in [1.54, 1.807) is 29.1 Å². The van der Waals surface area contributed by atoms with Crippen molar-refractivity contribution in [3.63, 3.8) is 0 Å². The van der Waals surface area contributed by atoms with Crippen LogP contribution in [0.2, 0.25) is 0 Å². The predicted molar refractivity (Wildman–Crippen MR) is 103 cm³/mol. The monoisotopic (exact) mass is 389 g/mol. The van der Waals surface area contributed by atoms with Gasteiger partial charge in [-0.2, -0.15) is 0 Å². The van der Waals surface area contributed by atoms with Gasteiger partial charge >= 0.3 is 6.09 Å². The number of hydrogen-bond acceptors (Lipinski definition) is 6. The summed E-state index contributed by atoms with van der Waals surface area (Å²) in [4.78, 5) is 45.0. The minimum absolute atomic E-state index is 0.0259. The first-order chi connectivity index (χ1) is 13.6. The van der Waals surface area contributed by atoms with Crippen LogP contribution < -0.4 is 10.2 Å². The van der Waals surface area contributed by atoms with Crippen molar-refractivity contribution in [1.29, 1.82) is 0 Å². The fraction of sp³-hybridized carbons (Fsp3) is 0.579. The van der Waals surface area contributed by atoms with Gasteiger partial charge in [-0.25, -0.2) is 4.79 Å². The van der Waals surface area contributed by atoms with Gasteiger partial charge in [0.2, 0.25) is 6.41 Å². The number of likely N-dealkylation sites (tertiary alicyclic amines) is 1. The van der Waals surface area contributed by atoms with E-state index in [4.69, 9.17) is 4.74 Å². The maximum atomic E-state index is 12.6. The summed E-state index contributed by atoms with van der Waals surface area (Å²) in [5.41, 5.74) is 1.40. The maximum Gasteiger partial charge on any atom is 0.409 e. The lowest BCUT2D eigenvalue weighted by molar-refractivity contribution is -0.118. The minimum atomic E-state index is -0.293. The summed E-state index contributed by atoms with van der Waals surface area (Å²) in [5, 5.41) is 3.04. The van der Waals surface area contributed by atoms with E-state index >= 15 is 0 Å². The molecule has 1 aromatic heterocycles. The van der Waals surface area contributed by atoms with Crippen LogP contribution >= 0.6 is 0 Å². The van der Waals surface area contributed by atoms with Gasteiger partial charge in [0.25, 0.3) is 5.91 Å². The summed E-state index contributed by atoms with van der Waals surface area (Å²) in [6, 6.07) is 1.87. The first-order valence-corrected chi connectivity index (χ1v) is 9.72. The number of carbonyl (C=O) groups excluding carboxylic acids is 3. The molecule has 28 heavy (non-hydrogen) atoms. The van der Waals surface area contributed by atoms with Gasteiger partial charge in [-0.3, -0.25) is 14.6 Å². The second-order valence-electron chi connectivity index (χ2n) is 6.99. The molecule has 9 heteroatoms. The number of anilines is 1. The zero-order valence-corrected chi connectivity index (χ0v) is 16.2. The summed E-state index contributed by atoms with van der Waals surface area (Å²) in [6.07, 6.45) is 5.28. The number of pyridine rings is 1. The zero-order valence-electron chi connectivity index (χ0n) is 16.2. The topological polar surface area (TPSA) is 95.1 Å². The van der Waals surface area contributed by atoms with Crippen LogP contribution in [0.3, 0.4) is 0 Å². The van der Waals surface area contributed by atoms with Crippen LogP contribution in [0, 0.1) is 0 Å². The number of hydrogen-bond donors (Lipinski definition) is 1. The Kier molecular flexibility index (Phi) is 6.67. The van der Waals surface area contributed by atoms with Crippen LogP contribution in [0.5, 0.6) is 0 Å². The largest absolute Gasteiger partial charge is 0.450 e. The Bertz CT molecular complexity index is 697. The first kappa shape index (κ1) is 19.9. The lowest BCUT2D eigenvalue weighted by Crippen LogP contribution is -2.47. The zero-order chi connectivity index (χ0) is 19.9. The van der Waals surface area contributed by atoms with Crippen molar-refractivity contribution in [3.8, 4) is 0 Å². The van der Waals surface area contributed by atoms with Crippen molar-refractivity contribution in [1.82, 2.24) is 20.1 Å². The Hall–Kier alpha value is -2.84. The highest BCUT2D eigenvalue weighted by molar-refractivity contribution is 5.95. The third kappa shape index (κ3) is 4.90. The molecule has 2 fully saturated rings. The van der Waals surface area contributed by atoms with Crippen LogP contribution in [0.15, 0.2) is 18.5 Å². The lowest BCUT2D eigenvalue weighted by atomic mass is 10.0. The van der Waals surface area contributed by atoms with Crippen LogP contribution in [0.25, 0.3) is 0 Å². The quantitative estimate of drug-likeness (QED) is 0.746. The Morgan fingerprint density at radius 1 is 1.18 bits per heavy atom. The van der Waals surface area contributed by atoms with Gasteiger partial charge in [0, 0.05) is 51.5 Å². The Morgan fingerprint density at radius 2 is 1.89 bits per heavy atom. The smallest absolute Gasteiger partial charge is 0.409 e.